The van der Waals surface area contributed by atoms with Crippen molar-refractivity contribution in [3.8, 4) is 0 Å². The molecule has 0 atom stereocenters. The Balaban J connectivity index is 2.42. The van der Waals surface area contributed by atoms with Crippen molar-refractivity contribution < 1.29 is 4.79 Å². The maximum absolute atomic E-state index is 12.2. The van der Waals surface area contributed by atoms with Gasteiger partial charge >= 0.3 is 0 Å². The highest BCUT2D eigenvalue weighted by Gasteiger charge is 2.11. The molecule has 0 fully saturated rings. The van der Waals surface area contributed by atoms with Crippen molar-refractivity contribution >= 4 is 5.78 Å². The molecule has 2 nitrogen and oxygen atoms in total. The zero-order valence-corrected chi connectivity index (χ0v) is 9.82. The molecular formula is C14H15NO. The minimum Gasteiger partial charge on any atom is -0.348 e. The van der Waals surface area contributed by atoms with E-state index in [9.17, 15) is 4.79 Å². The molecule has 0 amide bonds. The van der Waals surface area contributed by atoms with Crippen LogP contribution < -0.4 is 0 Å². The van der Waals surface area contributed by atoms with E-state index in [0.717, 1.165) is 16.8 Å². The summed E-state index contributed by atoms with van der Waals surface area (Å²) in [4.78, 5) is 12.2. The summed E-state index contributed by atoms with van der Waals surface area (Å²) < 4.78 is 1.84. The van der Waals surface area contributed by atoms with Gasteiger partial charge in [-0.1, -0.05) is 12.1 Å². The Kier molecular flexibility index (Phi) is 2.65. The molecule has 0 radical (unpaired) electrons. The van der Waals surface area contributed by atoms with Crippen molar-refractivity contribution in [1.29, 1.82) is 0 Å². The van der Waals surface area contributed by atoms with Crippen LogP contribution in [0.15, 0.2) is 36.5 Å². The lowest BCUT2D eigenvalue weighted by Gasteiger charge is -2.05. The second-order valence-corrected chi connectivity index (χ2v) is 4.13. The first-order valence-electron chi connectivity index (χ1n) is 5.33. The molecule has 0 N–H and O–H groups in total. The van der Waals surface area contributed by atoms with E-state index >= 15 is 0 Å². The van der Waals surface area contributed by atoms with Crippen molar-refractivity contribution in [3.63, 3.8) is 0 Å². The van der Waals surface area contributed by atoms with Crippen molar-refractivity contribution in [1.82, 2.24) is 4.57 Å². The highest BCUT2D eigenvalue weighted by atomic mass is 16.1. The predicted octanol–water partition coefficient (Wildman–Crippen LogP) is 2.87. The third kappa shape index (κ3) is 1.78. The molecule has 2 heteroatoms. The third-order valence-corrected chi connectivity index (χ3v) is 2.95. The molecule has 1 aromatic carbocycles. The fraction of sp³-hybridized carbons (Fsp3) is 0.214. The van der Waals surface area contributed by atoms with Gasteiger partial charge in [-0.25, -0.2) is 0 Å². The Labute approximate surface area is 95.5 Å². The van der Waals surface area contributed by atoms with Crippen LogP contribution in [0.5, 0.6) is 0 Å². The lowest BCUT2D eigenvalue weighted by atomic mass is 10.0. The van der Waals surface area contributed by atoms with Crippen molar-refractivity contribution in [2.75, 3.05) is 0 Å². The van der Waals surface area contributed by atoms with Gasteiger partial charge in [0.05, 0.1) is 5.69 Å². The smallest absolute Gasteiger partial charge is 0.209 e. The molecule has 0 aliphatic rings. The summed E-state index contributed by atoms with van der Waals surface area (Å²) in [5, 5.41) is 0. The second-order valence-electron chi connectivity index (χ2n) is 4.13. The summed E-state index contributed by atoms with van der Waals surface area (Å²) in [5.74, 6) is 0.0793. The Morgan fingerprint density at radius 2 is 1.88 bits per heavy atom. The third-order valence-electron chi connectivity index (χ3n) is 2.95. The Hall–Kier alpha value is -1.83. The van der Waals surface area contributed by atoms with Crippen LogP contribution >= 0.6 is 0 Å². The molecule has 0 saturated heterocycles. The van der Waals surface area contributed by atoms with Gasteiger partial charge < -0.3 is 4.57 Å². The number of benzene rings is 1. The first kappa shape index (κ1) is 10.7. The van der Waals surface area contributed by atoms with E-state index in [1.165, 1.54) is 5.56 Å². The topological polar surface area (TPSA) is 22.0 Å². The van der Waals surface area contributed by atoms with Crippen LogP contribution in [0.1, 0.15) is 27.2 Å². The van der Waals surface area contributed by atoms with Crippen LogP contribution in [-0.4, -0.2) is 10.4 Å². The van der Waals surface area contributed by atoms with E-state index in [1.54, 1.807) is 0 Å². The van der Waals surface area contributed by atoms with Gasteiger partial charge in [0.15, 0.2) is 0 Å². The van der Waals surface area contributed by atoms with Crippen LogP contribution in [0.25, 0.3) is 0 Å². The Morgan fingerprint density at radius 3 is 2.44 bits per heavy atom. The van der Waals surface area contributed by atoms with Gasteiger partial charge in [0.1, 0.15) is 0 Å². The SMILES string of the molecule is Cc1ccc(C(=O)c2cccn2C)cc1C. The molecule has 1 aromatic heterocycles. The highest BCUT2D eigenvalue weighted by Crippen LogP contribution is 2.14. The first-order chi connectivity index (χ1) is 7.59. The predicted molar refractivity (Wildman–Crippen MR) is 64.8 cm³/mol. The quantitative estimate of drug-likeness (QED) is 0.703. The lowest BCUT2D eigenvalue weighted by Crippen LogP contribution is -2.07. The van der Waals surface area contributed by atoms with E-state index in [-0.39, 0.29) is 5.78 Å². The van der Waals surface area contributed by atoms with Crippen LogP contribution in [0.3, 0.4) is 0 Å². The summed E-state index contributed by atoms with van der Waals surface area (Å²) >= 11 is 0. The molecule has 0 saturated carbocycles. The molecule has 1 heterocycles. The number of aryl methyl sites for hydroxylation is 3. The summed E-state index contributed by atoms with van der Waals surface area (Å²) in [5.41, 5.74) is 3.84. The standard InChI is InChI=1S/C14H15NO/c1-10-6-7-12(9-11(10)2)14(16)13-5-4-8-15(13)3/h4-9H,1-3H3. The number of rotatable bonds is 2. The zero-order valence-electron chi connectivity index (χ0n) is 9.82. The van der Waals surface area contributed by atoms with Crippen molar-refractivity contribution in [2.24, 2.45) is 7.05 Å². The number of ketones is 1. The number of hydrogen-bond acceptors (Lipinski definition) is 1. The van der Waals surface area contributed by atoms with Gasteiger partial charge in [0, 0.05) is 18.8 Å². The summed E-state index contributed by atoms with van der Waals surface area (Å²) in [6.45, 7) is 4.07. The van der Waals surface area contributed by atoms with Gasteiger partial charge in [-0.05, 0) is 43.2 Å². The molecule has 0 aliphatic heterocycles. The molecular weight excluding hydrogens is 198 g/mol. The number of carbonyl (C=O) groups excluding carboxylic acids is 1. The van der Waals surface area contributed by atoms with E-state index in [4.69, 9.17) is 0 Å². The van der Waals surface area contributed by atoms with Crippen molar-refractivity contribution in [3.05, 3.63) is 58.9 Å². The second kappa shape index (κ2) is 3.97. The molecule has 2 rings (SSSR count). The summed E-state index contributed by atoms with van der Waals surface area (Å²) in [6, 6.07) is 9.56. The molecule has 82 valence electrons. The van der Waals surface area contributed by atoms with Crippen LogP contribution in [-0.2, 0) is 7.05 Å². The highest BCUT2D eigenvalue weighted by molar-refractivity contribution is 6.08. The van der Waals surface area contributed by atoms with Gasteiger partial charge in [0.2, 0.25) is 5.78 Å². The number of carbonyl (C=O) groups is 1. The van der Waals surface area contributed by atoms with Crippen LogP contribution in [0.4, 0.5) is 0 Å². The number of nitrogens with zero attached hydrogens (tertiary/aromatic N) is 1. The minimum atomic E-state index is 0.0793. The molecule has 0 bridgehead atoms. The fourth-order valence-electron chi connectivity index (χ4n) is 1.73. The van der Waals surface area contributed by atoms with Crippen LogP contribution in [0.2, 0.25) is 0 Å². The summed E-state index contributed by atoms with van der Waals surface area (Å²) in [7, 11) is 1.88. The Bertz CT molecular complexity index is 537. The van der Waals surface area contributed by atoms with E-state index in [1.807, 2.05) is 62.0 Å². The minimum absolute atomic E-state index is 0.0793. The first-order valence-corrected chi connectivity index (χ1v) is 5.33. The molecule has 2 aromatic rings. The maximum atomic E-state index is 12.2. The van der Waals surface area contributed by atoms with Gasteiger partial charge in [0.25, 0.3) is 0 Å². The molecule has 0 spiro atoms. The van der Waals surface area contributed by atoms with Gasteiger partial charge in [-0.2, -0.15) is 0 Å². The number of hydrogen-bond donors (Lipinski definition) is 0. The largest absolute Gasteiger partial charge is 0.348 e. The van der Waals surface area contributed by atoms with Crippen LogP contribution in [0, 0.1) is 13.8 Å². The normalized spacial score (nSPS) is 10.4. The molecule has 16 heavy (non-hydrogen) atoms. The van der Waals surface area contributed by atoms with Crippen molar-refractivity contribution in [2.45, 2.75) is 13.8 Å². The lowest BCUT2D eigenvalue weighted by molar-refractivity contribution is 0.103. The molecule has 0 unspecified atom stereocenters. The van der Waals surface area contributed by atoms with E-state index < -0.39 is 0 Å². The van der Waals surface area contributed by atoms with E-state index in [2.05, 4.69) is 0 Å². The summed E-state index contributed by atoms with van der Waals surface area (Å²) in [6.07, 6.45) is 1.88. The maximum Gasteiger partial charge on any atom is 0.209 e. The fourth-order valence-corrected chi connectivity index (χ4v) is 1.73. The average Bonchev–Trinajstić information content (AvgIpc) is 2.67. The number of aromatic nitrogens is 1. The zero-order chi connectivity index (χ0) is 11.7. The van der Waals surface area contributed by atoms with Gasteiger partial charge in [-0.15, -0.1) is 0 Å². The van der Waals surface area contributed by atoms with E-state index in [0.29, 0.717) is 0 Å². The van der Waals surface area contributed by atoms with Gasteiger partial charge in [-0.3, -0.25) is 4.79 Å². The monoisotopic (exact) mass is 213 g/mol. The average molecular weight is 213 g/mol. The Morgan fingerprint density at radius 1 is 1.12 bits per heavy atom. The molecule has 0 aliphatic carbocycles.